The summed E-state index contributed by atoms with van der Waals surface area (Å²) in [7, 11) is 1.62. The molecule has 1 aromatic carbocycles. The summed E-state index contributed by atoms with van der Waals surface area (Å²) >= 11 is 0. The largest absolute Gasteiger partial charge is 0.497 e. The van der Waals surface area contributed by atoms with Gasteiger partial charge in [-0.2, -0.15) is 0 Å². The van der Waals surface area contributed by atoms with Crippen LogP contribution in [0.15, 0.2) is 18.2 Å². The lowest BCUT2D eigenvalue weighted by molar-refractivity contribution is -0.137. The van der Waals surface area contributed by atoms with Crippen molar-refractivity contribution in [3.05, 3.63) is 29.5 Å². The van der Waals surface area contributed by atoms with Gasteiger partial charge in [0.25, 0.3) is 5.91 Å². The molecule has 1 saturated carbocycles. The van der Waals surface area contributed by atoms with Crippen LogP contribution in [0.2, 0.25) is 0 Å². The number of ether oxygens (including phenoxy) is 1. The average molecular weight is 372 g/mol. The second kappa shape index (κ2) is 8.03. The molecule has 1 amide bonds. The van der Waals surface area contributed by atoms with Crippen LogP contribution in [0.4, 0.5) is 0 Å². The highest BCUT2D eigenvalue weighted by Crippen LogP contribution is 2.38. The zero-order valence-corrected chi connectivity index (χ0v) is 16.2. The molecule has 1 atom stereocenters. The van der Waals surface area contributed by atoms with Crippen LogP contribution < -0.4 is 10.1 Å². The third-order valence-electron chi connectivity index (χ3n) is 5.51. The maximum Gasteiger partial charge on any atom is 0.303 e. The van der Waals surface area contributed by atoms with Crippen molar-refractivity contribution in [3.63, 3.8) is 0 Å². The molecule has 1 fully saturated rings. The molecule has 6 nitrogen and oxygen atoms in total. The molecule has 0 saturated heterocycles. The molecule has 2 N–H and O–H groups in total. The lowest BCUT2D eigenvalue weighted by atomic mass is 10.1. The number of carboxylic acids is 1. The quantitative estimate of drug-likeness (QED) is 0.772. The number of fused-ring (bicyclic) bond motifs is 1. The van der Waals surface area contributed by atoms with Gasteiger partial charge in [-0.1, -0.05) is 19.8 Å². The molecular weight excluding hydrogens is 344 g/mol. The molecule has 1 aliphatic carbocycles. The molecule has 1 heterocycles. The topological polar surface area (TPSA) is 80.6 Å². The summed E-state index contributed by atoms with van der Waals surface area (Å²) in [4.78, 5) is 23.8. The normalized spacial score (nSPS) is 15.8. The summed E-state index contributed by atoms with van der Waals surface area (Å²) in [5, 5.41) is 12.7. The van der Waals surface area contributed by atoms with E-state index in [0.29, 0.717) is 18.2 Å². The van der Waals surface area contributed by atoms with Crippen molar-refractivity contribution in [2.24, 2.45) is 5.92 Å². The maximum absolute atomic E-state index is 13.0. The average Bonchev–Trinajstić information content (AvgIpc) is 3.23. The second-order valence-corrected chi connectivity index (χ2v) is 7.56. The van der Waals surface area contributed by atoms with Crippen LogP contribution in [0, 0.1) is 12.8 Å². The number of aromatic nitrogens is 1. The van der Waals surface area contributed by atoms with Gasteiger partial charge in [-0.05, 0) is 43.9 Å². The third kappa shape index (κ3) is 3.94. The fraction of sp³-hybridized carbons (Fsp3) is 0.524. The number of aliphatic carboxylic acids is 1. The van der Waals surface area contributed by atoms with E-state index in [0.717, 1.165) is 35.2 Å². The number of nitrogens with one attached hydrogen (secondary N) is 1. The number of amides is 1. The molecule has 1 unspecified atom stereocenters. The maximum atomic E-state index is 13.0. The number of hydrogen-bond donors (Lipinski definition) is 2. The van der Waals surface area contributed by atoms with Crippen LogP contribution >= 0.6 is 0 Å². The molecule has 0 aliphatic heterocycles. The predicted octanol–water partition coefficient (Wildman–Crippen LogP) is 3.91. The Bertz CT molecular complexity index is 849. The smallest absolute Gasteiger partial charge is 0.303 e. The molecule has 0 bridgehead atoms. The van der Waals surface area contributed by atoms with Crippen LogP contribution in [0.3, 0.4) is 0 Å². The Morgan fingerprint density at radius 3 is 2.67 bits per heavy atom. The van der Waals surface area contributed by atoms with Gasteiger partial charge in [0.15, 0.2) is 0 Å². The van der Waals surface area contributed by atoms with E-state index in [4.69, 9.17) is 9.84 Å². The van der Waals surface area contributed by atoms with E-state index in [1.54, 1.807) is 7.11 Å². The van der Waals surface area contributed by atoms with Crippen LogP contribution in [0.5, 0.6) is 5.75 Å². The zero-order valence-electron chi connectivity index (χ0n) is 16.2. The summed E-state index contributed by atoms with van der Waals surface area (Å²) in [6.07, 6.45) is 4.74. The Morgan fingerprint density at radius 1 is 1.33 bits per heavy atom. The molecule has 1 aromatic heterocycles. The van der Waals surface area contributed by atoms with E-state index >= 15 is 0 Å². The number of carbonyl (C=O) groups excluding carboxylic acids is 1. The van der Waals surface area contributed by atoms with Gasteiger partial charge in [0, 0.05) is 35.6 Å². The van der Waals surface area contributed by atoms with Crippen molar-refractivity contribution >= 4 is 22.8 Å². The Morgan fingerprint density at radius 2 is 2.04 bits per heavy atom. The molecular formula is C21H28N2O4. The van der Waals surface area contributed by atoms with Crippen molar-refractivity contribution in [1.82, 2.24) is 9.88 Å². The van der Waals surface area contributed by atoms with E-state index in [2.05, 4.69) is 9.88 Å². The minimum atomic E-state index is -0.851. The molecule has 27 heavy (non-hydrogen) atoms. The van der Waals surface area contributed by atoms with Crippen LogP contribution in [0.1, 0.15) is 61.1 Å². The summed E-state index contributed by atoms with van der Waals surface area (Å²) in [5.41, 5.74) is 2.69. The fourth-order valence-electron chi connectivity index (χ4n) is 4.19. The molecule has 2 aromatic rings. The number of nitrogens with zero attached hydrogens (tertiary/aromatic N) is 1. The third-order valence-corrected chi connectivity index (χ3v) is 5.51. The Balaban J connectivity index is 1.96. The lowest BCUT2D eigenvalue weighted by Gasteiger charge is -2.16. The van der Waals surface area contributed by atoms with Crippen LogP contribution in [-0.4, -0.2) is 35.2 Å². The van der Waals surface area contributed by atoms with Gasteiger partial charge < -0.3 is 19.7 Å². The number of carbonyl (C=O) groups is 2. The van der Waals surface area contributed by atoms with Gasteiger partial charge >= 0.3 is 5.97 Å². The standard InChI is InChI=1S/C21H28N2O4/c1-13(10-19(24)25)12-22-21(26)20-14(2)23(15-6-4-5-7-15)18-9-8-16(27-3)11-17(18)20/h8-9,11,13,15H,4-7,10,12H2,1-3H3,(H,22,26)(H,24,25). The van der Waals surface area contributed by atoms with Crippen LogP contribution in [0.25, 0.3) is 10.9 Å². The summed E-state index contributed by atoms with van der Waals surface area (Å²) < 4.78 is 7.67. The lowest BCUT2D eigenvalue weighted by Crippen LogP contribution is -2.29. The van der Waals surface area contributed by atoms with Gasteiger partial charge in [-0.15, -0.1) is 0 Å². The number of carboxylic acid groups (broad SMARTS) is 1. The molecule has 146 valence electrons. The van der Waals surface area contributed by atoms with Crippen molar-refractivity contribution in [1.29, 1.82) is 0 Å². The minimum Gasteiger partial charge on any atom is -0.497 e. The van der Waals surface area contributed by atoms with Crippen molar-refractivity contribution in [2.45, 2.75) is 52.0 Å². The minimum absolute atomic E-state index is 0.0386. The highest BCUT2D eigenvalue weighted by atomic mass is 16.5. The second-order valence-electron chi connectivity index (χ2n) is 7.56. The number of hydrogen-bond acceptors (Lipinski definition) is 3. The van der Waals surface area contributed by atoms with Gasteiger partial charge in [-0.25, -0.2) is 0 Å². The number of methoxy groups -OCH3 is 1. The highest BCUT2D eigenvalue weighted by Gasteiger charge is 2.26. The van der Waals surface area contributed by atoms with E-state index in [1.807, 2.05) is 32.0 Å². The SMILES string of the molecule is COc1ccc2c(c1)c(C(=O)NCC(C)CC(=O)O)c(C)n2C1CCCC1. The van der Waals surface area contributed by atoms with E-state index in [9.17, 15) is 9.59 Å². The first kappa shape index (κ1) is 19.3. The first-order valence-electron chi connectivity index (χ1n) is 9.61. The van der Waals surface area contributed by atoms with Crippen LogP contribution in [-0.2, 0) is 4.79 Å². The fourth-order valence-corrected chi connectivity index (χ4v) is 4.19. The summed E-state index contributed by atoms with van der Waals surface area (Å²) in [6, 6.07) is 6.31. The Kier molecular flexibility index (Phi) is 5.73. The number of rotatable bonds is 7. The first-order chi connectivity index (χ1) is 12.9. The van der Waals surface area contributed by atoms with Gasteiger partial charge in [0.05, 0.1) is 12.7 Å². The molecule has 3 rings (SSSR count). The van der Waals surface area contributed by atoms with E-state index < -0.39 is 5.97 Å². The van der Waals surface area contributed by atoms with Crippen molar-refractivity contribution in [2.75, 3.05) is 13.7 Å². The van der Waals surface area contributed by atoms with Crippen molar-refractivity contribution in [3.8, 4) is 5.75 Å². The summed E-state index contributed by atoms with van der Waals surface area (Å²) in [6.45, 7) is 4.16. The van der Waals surface area contributed by atoms with Gasteiger partial charge in [-0.3, -0.25) is 9.59 Å². The van der Waals surface area contributed by atoms with E-state index in [-0.39, 0.29) is 18.2 Å². The monoisotopic (exact) mass is 372 g/mol. The Hall–Kier alpha value is -2.50. The molecule has 0 radical (unpaired) electrons. The summed E-state index contributed by atoms with van der Waals surface area (Å²) in [5.74, 6) is -0.404. The van der Waals surface area contributed by atoms with E-state index in [1.165, 1.54) is 12.8 Å². The van der Waals surface area contributed by atoms with Gasteiger partial charge in [0.2, 0.25) is 0 Å². The predicted molar refractivity (Wildman–Crippen MR) is 104 cm³/mol. The highest BCUT2D eigenvalue weighted by molar-refractivity contribution is 6.08. The first-order valence-corrected chi connectivity index (χ1v) is 9.61. The number of benzene rings is 1. The molecule has 1 aliphatic rings. The zero-order chi connectivity index (χ0) is 19.6. The Labute approximate surface area is 159 Å². The van der Waals surface area contributed by atoms with Crippen molar-refractivity contribution < 1.29 is 19.4 Å². The molecule has 6 heteroatoms. The van der Waals surface area contributed by atoms with Gasteiger partial charge in [0.1, 0.15) is 5.75 Å². The molecule has 0 spiro atoms.